The summed E-state index contributed by atoms with van der Waals surface area (Å²) in [5.74, 6) is 2.33. The van der Waals surface area contributed by atoms with Crippen LogP contribution in [0.2, 0.25) is 5.28 Å². The van der Waals surface area contributed by atoms with Crippen molar-refractivity contribution in [2.45, 2.75) is 12.5 Å². The number of rotatable bonds is 5. The highest BCUT2D eigenvalue weighted by molar-refractivity contribution is 7.91. The van der Waals surface area contributed by atoms with Gasteiger partial charge in [-0.2, -0.15) is 9.97 Å². The number of aryl methyl sites for hydroxylation is 1. The number of likely N-dealkylation sites (tertiary alicyclic amines) is 1. The van der Waals surface area contributed by atoms with Crippen molar-refractivity contribution in [1.82, 2.24) is 29.3 Å². The van der Waals surface area contributed by atoms with Crippen LogP contribution in [0.25, 0.3) is 11.2 Å². The van der Waals surface area contributed by atoms with Crippen LogP contribution in [0, 0.1) is 0 Å². The summed E-state index contributed by atoms with van der Waals surface area (Å²) >= 11 is 6.22. The van der Waals surface area contributed by atoms with Crippen molar-refractivity contribution in [1.29, 1.82) is 0 Å². The molecule has 2 aromatic rings. The first kappa shape index (κ1) is 21.3. The van der Waals surface area contributed by atoms with Gasteiger partial charge in [0.05, 0.1) is 24.7 Å². The Morgan fingerprint density at radius 2 is 1.77 bits per heavy atom. The minimum Gasteiger partial charge on any atom is -0.378 e. The molecule has 10 nitrogen and oxygen atoms in total. The van der Waals surface area contributed by atoms with Crippen LogP contribution >= 0.6 is 11.6 Å². The van der Waals surface area contributed by atoms with Crippen LogP contribution in [0.1, 0.15) is 5.82 Å². The SMILES string of the molecule is Cn1c(CCN2CC(N3CCS(=O)(=O)CC3)C2)nc2c(N3CCOCC3)nc(Cl)nc21. The van der Waals surface area contributed by atoms with E-state index in [4.69, 9.17) is 21.3 Å². The molecule has 3 fully saturated rings. The second-order valence-corrected chi connectivity index (χ2v) is 11.2. The average molecular weight is 470 g/mol. The molecule has 0 radical (unpaired) electrons. The number of anilines is 1. The van der Waals surface area contributed by atoms with Crippen LogP contribution in [0.4, 0.5) is 5.82 Å². The highest BCUT2D eigenvalue weighted by atomic mass is 35.5. The minimum absolute atomic E-state index is 0.234. The second kappa shape index (κ2) is 8.43. The zero-order chi connectivity index (χ0) is 21.6. The lowest BCUT2D eigenvalue weighted by Gasteiger charge is -2.46. The van der Waals surface area contributed by atoms with Gasteiger partial charge in [0.15, 0.2) is 26.8 Å². The van der Waals surface area contributed by atoms with Gasteiger partial charge in [0.2, 0.25) is 5.28 Å². The number of hydrogen-bond donors (Lipinski definition) is 0. The van der Waals surface area contributed by atoms with E-state index in [1.807, 2.05) is 11.6 Å². The third-order valence-corrected chi connectivity index (χ3v) is 8.34. The largest absolute Gasteiger partial charge is 0.378 e. The standard InChI is InChI=1S/C19H28ClN7O3S/c1-24-15(2-3-25-12-14(13-25)26-6-10-31(28,29)11-7-26)21-16-17(24)22-19(20)23-18(16)27-4-8-30-9-5-27/h14H,2-13H2,1H3. The zero-order valence-corrected chi connectivity index (χ0v) is 19.3. The van der Waals surface area contributed by atoms with Gasteiger partial charge < -0.3 is 14.2 Å². The highest BCUT2D eigenvalue weighted by Crippen LogP contribution is 2.26. The monoisotopic (exact) mass is 469 g/mol. The van der Waals surface area contributed by atoms with Crippen LogP contribution in [-0.2, 0) is 28.0 Å². The third kappa shape index (κ3) is 4.38. The molecule has 3 aliphatic heterocycles. The van der Waals surface area contributed by atoms with Gasteiger partial charge in [-0.1, -0.05) is 0 Å². The summed E-state index contributed by atoms with van der Waals surface area (Å²) in [7, 11) is -0.846. The normalized spacial score (nSPS) is 23.4. The fourth-order valence-corrected chi connectivity index (χ4v) is 5.98. The van der Waals surface area contributed by atoms with E-state index in [1.165, 1.54) is 0 Å². The van der Waals surface area contributed by atoms with Crippen LogP contribution in [0.3, 0.4) is 0 Å². The first-order chi connectivity index (χ1) is 14.9. The number of sulfone groups is 1. The van der Waals surface area contributed by atoms with Gasteiger partial charge in [0.1, 0.15) is 5.82 Å². The Labute approximate surface area is 187 Å². The minimum atomic E-state index is -2.82. The molecule has 0 aliphatic carbocycles. The lowest BCUT2D eigenvalue weighted by atomic mass is 10.1. The zero-order valence-electron chi connectivity index (χ0n) is 17.7. The number of hydrogen-bond acceptors (Lipinski definition) is 9. The summed E-state index contributed by atoms with van der Waals surface area (Å²) in [5, 5.41) is 0.234. The van der Waals surface area contributed by atoms with Gasteiger partial charge in [0.25, 0.3) is 0 Å². The summed E-state index contributed by atoms with van der Waals surface area (Å²) in [5.41, 5.74) is 1.55. The molecule has 0 spiro atoms. The van der Waals surface area contributed by atoms with Crippen molar-refractivity contribution >= 4 is 38.4 Å². The van der Waals surface area contributed by atoms with Crippen molar-refractivity contribution in [2.75, 3.05) is 75.4 Å². The van der Waals surface area contributed by atoms with Gasteiger partial charge in [-0.15, -0.1) is 0 Å². The van der Waals surface area contributed by atoms with Crippen molar-refractivity contribution in [2.24, 2.45) is 7.05 Å². The fourth-order valence-electron chi connectivity index (χ4n) is 4.59. The summed E-state index contributed by atoms with van der Waals surface area (Å²) in [6.45, 7) is 7.06. The molecule has 31 heavy (non-hydrogen) atoms. The van der Waals surface area contributed by atoms with E-state index in [1.54, 1.807) is 0 Å². The van der Waals surface area contributed by atoms with E-state index >= 15 is 0 Å². The molecule has 3 aliphatic rings. The summed E-state index contributed by atoms with van der Waals surface area (Å²) in [6, 6.07) is 0.466. The van der Waals surface area contributed by atoms with Gasteiger partial charge >= 0.3 is 0 Å². The predicted octanol–water partition coefficient (Wildman–Crippen LogP) is -0.190. The van der Waals surface area contributed by atoms with E-state index in [9.17, 15) is 8.42 Å². The molecule has 5 rings (SSSR count). The summed E-state index contributed by atoms with van der Waals surface area (Å²) in [4.78, 5) is 20.6. The average Bonchev–Trinajstić information content (AvgIpc) is 3.03. The number of halogens is 1. The number of ether oxygens (including phenoxy) is 1. The van der Waals surface area contributed by atoms with Gasteiger partial charge in [-0.25, -0.2) is 13.4 Å². The van der Waals surface area contributed by atoms with Gasteiger partial charge in [0, 0.05) is 65.3 Å². The lowest BCUT2D eigenvalue weighted by Crippen LogP contribution is -2.62. The molecule has 0 atom stereocenters. The molecule has 0 unspecified atom stereocenters. The molecular formula is C19H28ClN7O3S. The van der Waals surface area contributed by atoms with Crippen LogP contribution in [-0.4, -0.2) is 114 Å². The molecule has 3 saturated heterocycles. The molecule has 0 saturated carbocycles. The predicted molar refractivity (Wildman–Crippen MR) is 119 cm³/mol. The maximum Gasteiger partial charge on any atom is 0.226 e. The number of nitrogens with zero attached hydrogens (tertiary/aromatic N) is 7. The Morgan fingerprint density at radius 1 is 1.06 bits per heavy atom. The molecule has 0 amide bonds. The number of aromatic nitrogens is 4. The Balaban J connectivity index is 1.23. The third-order valence-electron chi connectivity index (χ3n) is 6.56. The Bertz CT molecular complexity index is 1050. The summed E-state index contributed by atoms with van der Waals surface area (Å²) in [6.07, 6.45) is 0.814. The van der Waals surface area contributed by atoms with Crippen molar-refractivity contribution in [3.8, 4) is 0 Å². The molecule has 170 valence electrons. The van der Waals surface area contributed by atoms with E-state index in [2.05, 4.69) is 24.7 Å². The molecular weight excluding hydrogens is 442 g/mol. The van der Waals surface area contributed by atoms with Crippen LogP contribution in [0.15, 0.2) is 0 Å². The first-order valence-electron chi connectivity index (χ1n) is 10.8. The lowest BCUT2D eigenvalue weighted by molar-refractivity contribution is 0.0395. The Morgan fingerprint density at radius 3 is 2.48 bits per heavy atom. The maximum absolute atomic E-state index is 11.6. The van der Waals surface area contributed by atoms with E-state index < -0.39 is 9.84 Å². The fraction of sp³-hybridized carbons (Fsp3) is 0.737. The molecule has 2 aromatic heterocycles. The quantitative estimate of drug-likeness (QED) is 0.552. The molecule has 0 bridgehead atoms. The number of fused-ring (bicyclic) bond motifs is 1. The van der Waals surface area contributed by atoms with E-state index in [-0.39, 0.29) is 5.28 Å². The van der Waals surface area contributed by atoms with Crippen molar-refractivity contribution in [3.05, 3.63) is 11.1 Å². The molecule has 12 heteroatoms. The molecule has 5 heterocycles. The van der Waals surface area contributed by atoms with Crippen molar-refractivity contribution in [3.63, 3.8) is 0 Å². The topological polar surface area (TPSA) is 96.7 Å². The highest BCUT2D eigenvalue weighted by Gasteiger charge is 2.34. The Hall–Kier alpha value is -1.53. The maximum atomic E-state index is 11.6. The van der Waals surface area contributed by atoms with E-state index in [0.29, 0.717) is 43.9 Å². The van der Waals surface area contributed by atoms with Crippen LogP contribution in [0.5, 0.6) is 0 Å². The van der Waals surface area contributed by atoms with Gasteiger partial charge in [-0.3, -0.25) is 9.80 Å². The molecule has 0 N–H and O–H groups in total. The van der Waals surface area contributed by atoms with Gasteiger partial charge in [-0.05, 0) is 11.6 Å². The van der Waals surface area contributed by atoms with E-state index in [0.717, 1.165) is 62.0 Å². The van der Waals surface area contributed by atoms with Crippen LogP contribution < -0.4 is 4.90 Å². The Kier molecular flexibility index (Phi) is 5.80. The number of imidazole rings is 1. The van der Waals surface area contributed by atoms with Crippen molar-refractivity contribution < 1.29 is 13.2 Å². The molecule has 0 aromatic carbocycles. The number of morpholine rings is 1. The first-order valence-corrected chi connectivity index (χ1v) is 13.0. The second-order valence-electron chi connectivity index (χ2n) is 8.53. The summed E-state index contributed by atoms with van der Waals surface area (Å²) < 4.78 is 30.7. The smallest absolute Gasteiger partial charge is 0.226 e.